The number of rotatable bonds is 5. The van der Waals surface area contributed by atoms with Crippen LogP contribution in [-0.2, 0) is 6.54 Å². The number of fused-ring (bicyclic) bond motifs is 1. The zero-order valence-electron chi connectivity index (χ0n) is 12.9. The highest BCUT2D eigenvalue weighted by atomic mass is 16.4. The highest BCUT2D eigenvalue weighted by molar-refractivity contribution is 5.92. The predicted octanol–water partition coefficient (Wildman–Crippen LogP) is 2.96. The first-order valence-electron chi connectivity index (χ1n) is 7.27. The first kappa shape index (κ1) is 15.4. The molecule has 0 aliphatic heterocycles. The van der Waals surface area contributed by atoms with Crippen LogP contribution >= 0.6 is 0 Å². The number of nitrogens with zero attached hydrogens (tertiary/aromatic N) is 1. The van der Waals surface area contributed by atoms with Gasteiger partial charge in [-0.2, -0.15) is 0 Å². The molecule has 1 aromatic carbocycles. The van der Waals surface area contributed by atoms with Crippen LogP contribution in [-0.4, -0.2) is 20.6 Å². The van der Waals surface area contributed by atoms with Crippen molar-refractivity contribution in [3.8, 4) is 0 Å². The van der Waals surface area contributed by atoms with Crippen molar-refractivity contribution in [3.63, 3.8) is 0 Å². The number of nitrogens with one attached hydrogen (secondary N) is 1. The summed E-state index contributed by atoms with van der Waals surface area (Å²) in [6.07, 6.45) is 0. The van der Waals surface area contributed by atoms with Gasteiger partial charge in [-0.1, -0.05) is 27.7 Å². The topological polar surface area (TPSA) is 75.1 Å². The van der Waals surface area contributed by atoms with Gasteiger partial charge in [0.15, 0.2) is 0 Å². The summed E-state index contributed by atoms with van der Waals surface area (Å²) in [6.45, 7) is 9.18. The smallest absolute Gasteiger partial charge is 0.335 e. The Kier molecular flexibility index (Phi) is 4.21. The number of aromatic nitrogens is 2. The Balaban J connectivity index is 2.52. The van der Waals surface area contributed by atoms with E-state index >= 15 is 0 Å². The summed E-state index contributed by atoms with van der Waals surface area (Å²) in [5, 5.41) is 9.10. The quantitative estimate of drug-likeness (QED) is 0.889. The van der Waals surface area contributed by atoms with E-state index in [0.29, 0.717) is 35.3 Å². The van der Waals surface area contributed by atoms with Gasteiger partial charge in [-0.3, -0.25) is 4.57 Å². The molecule has 0 spiro atoms. The molecular weight excluding hydrogens is 268 g/mol. The summed E-state index contributed by atoms with van der Waals surface area (Å²) >= 11 is 0. The number of aromatic amines is 1. The Hall–Kier alpha value is -2.04. The Bertz CT molecular complexity index is 702. The minimum absolute atomic E-state index is 0.182. The van der Waals surface area contributed by atoms with E-state index in [2.05, 4.69) is 32.7 Å². The number of carboxylic acids is 1. The van der Waals surface area contributed by atoms with Crippen LogP contribution in [0.15, 0.2) is 23.0 Å². The van der Waals surface area contributed by atoms with Gasteiger partial charge in [0.1, 0.15) is 0 Å². The SMILES string of the molecule is CC(C)C(Cn1c(=O)[nH]c2ccc(C(=O)O)cc21)C(C)C. The maximum atomic E-state index is 12.2. The van der Waals surface area contributed by atoms with E-state index in [-0.39, 0.29) is 11.3 Å². The number of carbonyl (C=O) groups is 1. The number of hydrogen-bond acceptors (Lipinski definition) is 2. The Morgan fingerprint density at radius 1 is 1.24 bits per heavy atom. The van der Waals surface area contributed by atoms with E-state index in [1.807, 2.05) is 0 Å². The molecule has 0 aliphatic rings. The van der Waals surface area contributed by atoms with Gasteiger partial charge in [0.2, 0.25) is 0 Å². The predicted molar refractivity (Wildman–Crippen MR) is 82.7 cm³/mol. The molecule has 0 unspecified atom stereocenters. The maximum absolute atomic E-state index is 12.2. The number of imidazole rings is 1. The summed E-state index contributed by atoms with van der Waals surface area (Å²) in [7, 11) is 0. The van der Waals surface area contributed by atoms with Gasteiger partial charge in [-0.05, 0) is 36.0 Å². The third-order valence-electron chi connectivity index (χ3n) is 4.13. The van der Waals surface area contributed by atoms with Crippen LogP contribution in [0.1, 0.15) is 38.1 Å². The van der Waals surface area contributed by atoms with E-state index in [1.165, 1.54) is 6.07 Å². The lowest BCUT2D eigenvalue weighted by atomic mass is 9.85. The zero-order valence-corrected chi connectivity index (χ0v) is 12.9. The van der Waals surface area contributed by atoms with Crippen molar-refractivity contribution < 1.29 is 9.90 Å². The van der Waals surface area contributed by atoms with Crippen LogP contribution in [0.3, 0.4) is 0 Å². The van der Waals surface area contributed by atoms with Crippen molar-refractivity contribution in [1.29, 1.82) is 0 Å². The summed E-state index contributed by atoms with van der Waals surface area (Å²) < 4.78 is 1.66. The first-order chi connectivity index (χ1) is 9.81. The summed E-state index contributed by atoms with van der Waals surface area (Å²) in [6, 6.07) is 4.72. The molecule has 1 heterocycles. The second-order valence-corrected chi connectivity index (χ2v) is 6.23. The summed E-state index contributed by atoms with van der Waals surface area (Å²) in [5.41, 5.74) is 1.35. The van der Waals surface area contributed by atoms with Gasteiger partial charge in [-0.25, -0.2) is 9.59 Å². The van der Waals surface area contributed by atoms with Crippen LogP contribution in [0.5, 0.6) is 0 Å². The number of carboxylic acid groups (broad SMARTS) is 1. The van der Waals surface area contributed by atoms with Gasteiger partial charge < -0.3 is 10.1 Å². The van der Waals surface area contributed by atoms with E-state index in [1.54, 1.807) is 16.7 Å². The molecule has 0 bridgehead atoms. The molecule has 0 aliphatic carbocycles. The minimum Gasteiger partial charge on any atom is -0.478 e. The lowest BCUT2D eigenvalue weighted by molar-refractivity contribution is 0.0697. The number of H-pyrrole nitrogens is 1. The largest absolute Gasteiger partial charge is 0.478 e. The van der Waals surface area contributed by atoms with Crippen molar-refractivity contribution in [2.45, 2.75) is 34.2 Å². The fraction of sp³-hybridized carbons (Fsp3) is 0.500. The van der Waals surface area contributed by atoms with Crippen LogP contribution in [0.4, 0.5) is 0 Å². The van der Waals surface area contributed by atoms with Crippen molar-refractivity contribution in [3.05, 3.63) is 34.2 Å². The molecule has 2 N–H and O–H groups in total. The molecule has 0 saturated carbocycles. The molecule has 0 radical (unpaired) electrons. The average molecular weight is 290 g/mol. The van der Waals surface area contributed by atoms with Crippen molar-refractivity contribution >= 4 is 17.0 Å². The molecule has 0 saturated heterocycles. The average Bonchev–Trinajstić information content (AvgIpc) is 2.69. The molecular formula is C16H22N2O3. The van der Waals surface area contributed by atoms with Gasteiger partial charge >= 0.3 is 11.7 Å². The van der Waals surface area contributed by atoms with Crippen LogP contribution in [0.2, 0.25) is 0 Å². The third kappa shape index (κ3) is 3.01. The van der Waals surface area contributed by atoms with E-state index in [0.717, 1.165) is 0 Å². The first-order valence-corrected chi connectivity index (χ1v) is 7.27. The van der Waals surface area contributed by atoms with Crippen molar-refractivity contribution in [2.75, 3.05) is 0 Å². The van der Waals surface area contributed by atoms with E-state index in [9.17, 15) is 9.59 Å². The minimum atomic E-state index is -0.985. The molecule has 5 nitrogen and oxygen atoms in total. The molecule has 114 valence electrons. The fourth-order valence-electron chi connectivity index (χ4n) is 2.87. The highest BCUT2D eigenvalue weighted by Gasteiger charge is 2.20. The molecule has 0 amide bonds. The van der Waals surface area contributed by atoms with Crippen LogP contribution < -0.4 is 5.69 Å². The second kappa shape index (κ2) is 5.76. The molecule has 2 aromatic rings. The Morgan fingerprint density at radius 3 is 2.38 bits per heavy atom. The van der Waals surface area contributed by atoms with Gasteiger partial charge in [0, 0.05) is 6.54 Å². The van der Waals surface area contributed by atoms with Gasteiger partial charge in [0.25, 0.3) is 0 Å². The lowest BCUT2D eigenvalue weighted by Crippen LogP contribution is -2.27. The van der Waals surface area contributed by atoms with Gasteiger partial charge in [-0.15, -0.1) is 0 Å². The third-order valence-corrected chi connectivity index (χ3v) is 4.13. The Labute approximate surface area is 123 Å². The Morgan fingerprint density at radius 2 is 1.86 bits per heavy atom. The standard InChI is InChI=1S/C16H22N2O3/c1-9(2)12(10(3)4)8-18-14-7-11(15(19)20)5-6-13(14)17-16(18)21/h5-7,9-10,12H,8H2,1-4H3,(H,17,21)(H,19,20). The molecule has 2 rings (SSSR count). The molecule has 0 fully saturated rings. The number of hydrogen-bond donors (Lipinski definition) is 2. The normalized spacial score (nSPS) is 12.0. The molecule has 0 atom stereocenters. The molecule has 1 aromatic heterocycles. The zero-order chi connectivity index (χ0) is 15.7. The fourth-order valence-corrected chi connectivity index (χ4v) is 2.87. The molecule has 21 heavy (non-hydrogen) atoms. The summed E-state index contributed by atoms with van der Waals surface area (Å²) in [4.78, 5) is 26.1. The van der Waals surface area contributed by atoms with E-state index < -0.39 is 5.97 Å². The lowest BCUT2D eigenvalue weighted by Gasteiger charge is -2.25. The highest BCUT2D eigenvalue weighted by Crippen LogP contribution is 2.24. The van der Waals surface area contributed by atoms with E-state index in [4.69, 9.17) is 5.11 Å². The number of benzene rings is 1. The maximum Gasteiger partial charge on any atom is 0.335 e. The monoisotopic (exact) mass is 290 g/mol. The molecule has 5 heteroatoms. The van der Waals surface area contributed by atoms with Gasteiger partial charge in [0.05, 0.1) is 16.6 Å². The van der Waals surface area contributed by atoms with Crippen molar-refractivity contribution in [1.82, 2.24) is 9.55 Å². The van der Waals surface area contributed by atoms with Crippen LogP contribution in [0, 0.1) is 17.8 Å². The van der Waals surface area contributed by atoms with Crippen LogP contribution in [0.25, 0.3) is 11.0 Å². The van der Waals surface area contributed by atoms with Crippen molar-refractivity contribution in [2.24, 2.45) is 17.8 Å². The number of aromatic carboxylic acids is 1. The summed E-state index contributed by atoms with van der Waals surface area (Å²) in [5.74, 6) is 0.269. The second-order valence-electron chi connectivity index (χ2n) is 6.23.